The molecule has 1 N–H and O–H groups in total. The standard InChI is InChI=1S/C20H30N2O/c1-20(2)11-8-16(9-12-20)15-4-6-17(7-5-15)21-18-10-13-22(3)19(23)14-18/h4-7,16,18,21H,8-14H2,1-3H3. The van der Waals surface area contributed by atoms with Gasteiger partial charge in [0.25, 0.3) is 0 Å². The molecule has 1 aliphatic heterocycles. The molecular formula is C20H30N2O. The second-order valence-electron chi connectivity index (χ2n) is 8.21. The van der Waals surface area contributed by atoms with Crippen LogP contribution in [0, 0.1) is 5.41 Å². The van der Waals surface area contributed by atoms with Crippen molar-refractivity contribution >= 4 is 11.6 Å². The molecule has 126 valence electrons. The first kappa shape index (κ1) is 16.4. The van der Waals surface area contributed by atoms with Crippen molar-refractivity contribution in [1.82, 2.24) is 4.90 Å². The first-order chi connectivity index (χ1) is 10.9. The first-order valence-electron chi connectivity index (χ1n) is 9.03. The molecule has 0 bridgehead atoms. The van der Waals surface area contributed by atoms with Crippen molar-refractivity contribution < 1.29 is 4.79 Å². The molecule has 1 amide bonds. The number of amides is 1. The first-order valence-corrected chi connectivity index (χ1v) is 9.03. The van der Waals surface area contributed by atoms with Crippen molar-refractivity contribution in [3.8, 4) is 0 Å². The number of carbonyl (C=O) groups is 1. The molecule has 23 heavy (non-hydrogen) atoms. The van der Waals surface area contributed by atoms with Gasteiger partial charge in [-0.1, -0.05) is 26.0 Å². The van der Waals surface area contributed by atoms with Gasteiger partial charge >= 0.3 is 0 Å². The van der Waals surface area contributed by atoms with Crippen LogP contribution in [-0.2, 0) is 4.79 Å². The Morgan fingerprint density at radius 1 is 1.09 bits per heavy atom. The Balaban J connectivity index is 1.56. The van der Waals surface area contributed by atoms with E-state index in [2.05, 4.69) is 43.4 Å². The zero-order valence-corrected chi connectivity index (χ0v) is 14.8. The summed E-state index contributed by atoms with van der Waals surface area (Å²) in [5.74, 6) is 0.970. The minimum atomic E-state index is 0.246. The van der Waals surface area contributed by atoms with Crippen LogP contribution in [0.2, 0.25) is 0 Å². The molecule has 0 aromatic heterocycles. The van der Waals surface area contributed by atoms with E-state index in [0.29, 0.717) is 11.8 Å². The summed E-state index contributed by atoms with van der Waals surface area (Å²) in [5.41, 5.74) is 3.15. The van der Waals surface area contributed by atoms with Gasteiger partial charge in [0.05, 0.1) is 0 Å². The SMILES string of the molecule is CN1CCC(Nc2ccc(C3CCC(C)(C)CC3)cc2)CC1=O. The fraction of sp³-hybridized carbons (Fsp3) is 0.650. The van der Waals surface area contributed by atoms with Gasteiger partial charge in [-0.2, -0.15) is 0 Å². The van der Waals surface area contributed by atoms with Crippen LogP contribution in [0.15, 0.2) is 24.3 Å². The molecule has 1 aromatic rings. The molecule has 2 aliphatic rings. The lowest BCUT2D eigenvalue weighted by molar-refractivity contribution is -0.132. The van der Waals surface area contributed by atoms with Crippen LogP contribution in [0.25, 0.3) is 0 Å². The highest BCUT2D eigenvalue weighted by Gasteiger charge is 2.27. The van der Waals surface area contributed by atoms with E-state index in [0.717, 1.165) is 24.6 Å². The lowest BCUT2D eigenvalue weighted by atomic mass is 9.71. The van der Waals surface area contributed by atoms with Gasteiger partial charge in [-0.25, -0.2) is 0 Å². The molecule has 2 fully saturated rings. The van der Waals surface area contributed by atoms with Crippen molar-refractivity contribution in [2.75, 3.05) is 18.9 Å². The minimum absolute atomic E-state index is 0.246. The summed E-state index contributed by atoms with van der Waals surface area (Å²) in [6.45, 7) is 5.63. The maximum absolute atomic E-state index is 11.8. The van der Waals surface area contributed by atoms with Gasteiger partial charge in [0.15, 0.2) is 0 Å². The van der Waals surface area contributed by atoms with Gasteiger partial charge in [-0.15, -0.1) is 0 Å². The molecule has 3 heteroatoms. The molecule has 0 radical (unpaired) electrons. The minimum Gasteiger partial charge on any atom is -0.382 e. The smallest absolute Gasteiger partial charge is 0.224 e. The van der Waals surface area contributed by atoms with Crippen molar-refractivity contribution in [2.24, 2.45) is 5.41 Å². The van der Waals surface area contributed by atoms with E-state index < -0.39 is 0 Å². The maximum Gasteiger partial charge on any atom is 0.224 e. The average Bonchev–Trinajstić information content (AvgIpc) is 2.52. The molecule has 0 spiro atoms. The number of nitrogens with one attached hydrogen (secondary N) is 1. The van der Waals surface area contributed by atoms with Gasteiger partial charge in [0, 0.05) is 31.7 Å². The lowest BCUT2D eigenvalue weighted by Crippen LogP contribution is -2.40. The van der Waals surface area contributed by atoms with E-state index in [1.807, 2.05) is 11.9 Å². The Kier molecular flexibility index (Phi) is 4.65. The molecule has 3 nitrogen and oxygen atoms in total. The molecule has 1 saturated heterocycles. The third-order valence-corrected chi connectivity index (χ3v) is 5.75. The Hall–Kier alpha value is -1.51. The summed E-state index contributed by atoms with van der Waals surface area (Å²) in [6.07, 6.45) is 6.91. The predicted molar refractivity (Wildman–Crippen MR) is 95.7 cm³/mol. The van der Waals surface area contributed by atoms with E-state index in [1.54, 1.807) is 0 Å². The monoisotopic (exact) mass is 314 g/mol. The van der Waals surface area contributed by atoms with Gasteiger partial charge in [-0.05, 0) is 61.1 Å². The number of carbonyl (C=O) groups excluding carboxylic acids is 1. The van der Waals surface area contributed by atoms with E-state index in [1.165, 1.54) is 31.2 Å². The lowest BCUT2D eigenvalue weighted by Gasteiger charge is -2.34. The molecule has 1 aromatic carbocycles. The number of hydrogen-bond acceptors (Lipinski definition) is 2. The number of rotatable bonds is 3. The highest BCUT2D eigenvalue weighted by molar-refractivity contribution is 5.77. The van der Waals surface area contributed by atoms with Gasteiger partial charge in [0.1, 0.15) is 0 Å². The third-order valence-electron chi connectivity index (χ3n) is 5.75. The second-order valence-corrected chi connectivity index (χ2v) is 8.21. The summed E-state index contributed by atoms with van der Waals surface area (Å²) in [4.78, 5) is 13.6. The maximum atomic E-state index is 11.8. The normalized spacial score (nSPS) is 25.4. The summed E-state index contributed by atoms with van der Waals surface area (Å²) in [6, 6.07) is 9.22. The molecule has 1 heterocycles. The Morgan fingerprint density at radius 3 is 2.35 bits per heavy atom. The van der Waals surface area contributed by atoms with E-state index in [4.69, 9.17) is 0 Å². The number of piperidine rings is 1. The molecule has 3 rings (SSSR count). The number of likely N-dealkylation sites (tertiary alicyclic amines) is 1. The predicted octanol–water partition coefficient (Wildman–Crippen LogP) is 4.40. The van der Waals surface area contributed by atoms with Crippen LogP contribution in [-0.4, -0.2) is 30.4 Å². The fourth-order valence-electron chi connectivity index (χ4n) is 3.89. The van der Waals surface area contributed by atoms with Crippen molar-refractivity contribution in [3.05, 3.63) is 29.8 Å². The molecule has 1 aliphatic carbocycles. The van der Waals surface area contributed by atoms with Crippen molar-refractivity contribution in [3.63, 3.8) is 0 Å². The van der Waals surface area contributed by atoms with E-state index in [-0.39, 0.29) is 11.9 Å². The van der Waals surface area contributed by atoms with Gasteiger partial charge in [-0.3, -0.25) is 4.79 Å². The van der Waals surface area contributed by atoms with Gasteiger partial charge in [0.2, 0.25) is 5.91 Å². The van der Waals surface area contributed by atoms with Gasteiger partial charge < -0.3 is 10.2 Å². The molecule has 1 saturated carbocycles. The number of nitrogens with zero attached hydrogens (tertiary/aromatic N) is 1. The Bertz CT molecular complexity index is 539. The Morgan fingerprint density at radius 2 is 1.74 bits per heavy atom. The summed E-state index contributed by atoms with van der Waals surface area (Å²) < 4.78 is 0. The van der Waals surface area contributed by atoms with Crippen LogP contribution < -0.4 is 5.32 Å². The fourth-order valence-corrected chi connectivity index (χ4v) is 3.89. The summed E-state index contributed by atoms with van der Waals surface area (Å²) in [5, 5.41) is 3.53. The number of anilines is 1. The van der Waals surface area contributed by atoms with E-state index >= 15 is 0 Å². The van der Waals surface area contributed by atoms with Crippen molar-refractivity contribution in [2.45, 2.75) is 64.3 Å². The zero-order chi connectivity index (χ0) is 16.4. The quantitative estimate of drug-likeness (QED) is 0.896. The average molecular weight is 314 g/mol. The summed E-state index contributed by atoms with van der Waals surface area (Å²) >= 11 is 0. The zero-order valence-electron chi connectivity index (χ0n) is 14.8. The highest BCUT2D eigenvalue weighted by Crippen LogP contribution is 2.42. The largest absolute Gasteiger partial charge is 0.382 e. The molecule has 1 unspecified atom stereocenters. The van der Waals surface area contributed by atoms with Crippen LogP contribution in [0.1, 0.15) is 63.9 Å². The second kappa shape index (κ2) is 6.54. The van der Waals surface area contributed by atoms with Crippen LogP contribution in [0.5, 0.6) is 0 Å². The van der Waals surface area contributed by atoms with Crippen LogP contribution in [0.3, 0.4) is 0 Å². The topological polar surface area (TPSA) is 32.3 Å². The molecular weight excluding hydrogens is 284 g/mol. The van der Waals surface area contributed by atoms with E-state index in [9.17, 15) is 4.79 Å². The van der Waals surface area contributed by atoms with Crippen molar-refractivity contribution in [1.29, 1.82) is 0 Å². The highest BCUT2D eigenvalue weighted by atomic mass is 16.2. The third kappa shape index (κ3) is 4.07. The number of benzene rings is 1. The molecule has 1 atom stereocenters. The Labute approximate surface area is 140 Å². The van der Waals surface area contributed by atoms with Crippen LogP contribution >= 0.6 is 0 Å². The summed E-state index contributed by atoms with van der Waals surface area (Å²) in [7, 11) is 1.89. The van der Waals surface area contributed by atoms with Crippen LogP contribution in [0.4, 0.5) is 5.69 Å². The number of hydrogen-bond donors (Lipinski definition) is 1.